The van der Waals surface area contributed by atoms with Crippen LogP contribution in [0, 0.1) is 5.92 Å². The lowest BCUT2D eigenvalue weighted by Crippen LogP contribution is -2.11. The van der Waals surface area contributed by atoms with Crippen LogP contribution in [0.15, 0.2) is 24.3 Å². The molecule has 1 aliphatic rings. The van der Waals surface area contributed by atoms with Crippen LogP contribution in [0.1, 0.15) is 17.9 Å². The minimum atomic E-state index is -4.05. The standard InChI is InChI=1S/C10H8ClF3/c11-7-3-1-6(2-4-7)8-5-9(8)10(12,13)14/h1-4,8-9H,5H2/t8-,9+/m0/s1. The molecule has 1 saturated carbocycles. The van der Waals surface area contributed by atoms with E-state index < -0.39 is 12.1 Å². The first-order chi connectivity index (χ1) is 6.48. The second-order valence-corrected chi connectivity index (χ2v) is 3.98. The van der Waals surface area contributed by atoms with Gasteiger partial charge in [0.1, 0.15) is 0 Å². The Kier molecular flexibility index (Phi) is 2.22. The molecule has 0 N–H and O–H groups in total. The number of alkyl halides is 3. The molecule has 0 bridgehead atoms. The number of rotatable bonds is 1. The molecule has 0 nitrogen and oxygen atoms in total. The molecule has 0 aliphatic heterocycles. The highest BCUT2D eigenvalue weighted by Gasteiger charge is 2.55. The van der Waals surface area contributed by atoms with Crippen molar-refractivity contribution in [3.05, 3.63) is 34.9 Å². The quantitative estimate of drug-likeness (QED) is 0.671. The molecular weight excluding hydrogens is 213 g/mol. The number of hydrogen-bond donors (Lipinski definition) is 0. The maximum Gasteiger partial charge on any atom is 0.392 e. The second-order valence-electron chi connectivity index (χ2n) is 3.54. The van der Waals surface area contributed by atoms with Gasteiger partial charge in [-0.1, -0.05) is 23.7 Å². The molecule has 4 heteroatoms. The predicted molar refractivity (Wildman–Crippen MR) is 48.4 cm³/mol. The van der Waals surface area contributed by atoms with Crippen LogP contribution in [0.2, 0.25) is 5.02 Å². The summed E-state index contributed by atoms with van der Waals surface area (Å²) in [6.07, 6.45) is -3.84. The van der Waals surface area contributed by atoms with Crippen LogP contribution in [0.3, 0.4) is 0 Å². The van der Waals surface area contributed by atoms with E-state index in [0.717, 1.165) is 5.56 Å². The first kappa shape index (κ1) is 9.84. The summed E-state index contributed by atoms with van der Waals surface area (Å²) in [6, 6.07) is 6.59. The molecule has 0 heterocycles. The van der Waals surface area contributed by atoms with E-state index in [0.29, 0.717) is 5.02 Å². The average molecular weight is 221 g/mol. The van der Waals surface area contributed by atoms with E-state index in [1.54, 1.807) is 24.3 Å². The summed E-state index contributed by atoms with van der Waals surface area (Å²) in [6.45, 7) is 0. The summed E-state index contributed by atoms with van der Waals surface area (Å²) in [4.78, 5) is 0. The highest BCUT2D eigenvalue weighted by atomic mass is 35.5. The SMILES string of the molecule is FC(F)(F)[C@@H]1C[C@H]1c1ccc(Cl)cc1. The van der Waals surface area contributed by atoms with Gasteiger partial charge >= 0.3 is 6.18 Å². The lowest BCUT2D eigenvalue weighted by Gasteiger charge is -2.05. The van der Waals surface area contributed by atoms with E-state index in [1.165, 1.54) is 0 Å². The molecule has 0 radical (unpaired) electrons. The molecule has 0 aromatic heterocycles. The van der Waals surface area contributed by atoms with Crippen molar-refractivity contribution in [2.75, 3.05) is 0 Å². The van der Waals surface area contributed by atoms with E-state index in [-0.39, 0.29) is 12.3 Å². The lowest BCUT2D eigenvalue weighted by atomic mass is 10.1. The van der Waals surface area contributed by atoms with Gasteiger partial charge in [-0.15, -0.1) is 0 Å². The fraction of sp³-hybridized carbons (Fsp3) is 0.400. The van der Waals surface area contributed by atoms with Crippen LogP contribution < -0.4 is 0 Å². The molecule has 1 aromatic carbocycles. The van der Waals surface area contributed by atoms with Gasteiger partial charge in [0.2, 0.25) is 0 Å². The summed E-state index contributed by atoms with van der Waals surface area (Å²) in [5, 5.41) is 0.554. The Morgan fingerprint density at radius 1 is 1.14 bits per heavy atom. The van der Waals surface area contributed by atoms with Crippen LogP contribution in [0.5, 0.6) is 0 Å². The Morgan fingerprint density at radius 3 is 2.14 bits per heavy atom. The smallest absolute Gasteiger partial charge is 0.171 e. The van der Waals surface area contributed by atoms with E-state index in [9.17, 15) is 13.2 Å². The van der Waals surface area contributed by atoms with E-state index in [1.807, 2.05) is 0 Å². The fourth-order valence-electron chi connectivity index (χ4n) is 1.64. The van der Waals surface area contributed by atoms with Crippen molar-refractivity contribution in [2.45, 2.75) is 18.5 Å². The molecule has 0 saturated heterocycles. The van der Waals surface area contributed by atoms with Gasteiger partial charge in [0.05, 0.1) is 5.92 Å². The van der Waals surface area contributed by atoms with Gasteiger partial charge in [-0.05, 0) is 30.0 Å². The summed E-state index contributed by atoms with van der Waals surface area (Å²) < 4.78 is 36.7. The summed E-state index contributed by atoms with van der Waals surface area (Å²) in [5.74, 6) is -1.50. The monoisotopic (exact) mass is 220 g/mol. The molecule has 2 rings (SSSR count). The highest BCUT2D eigenvalue weighted by molar-refractivity contribution is 6.30. The third kappa shape index (κ3) is 1.87. The first-order valence-electron chi connectivity index (χ1n) is 4.30. The summed E-state index contributed by atoms with van der Waals surface area (Å²) in [5.41, 5.74) is 0.733. The molecule has 1 fully saturated rings. The lowest BCUT2D eigenvalue weighted by molar-refractivity contribution is -0.148. The molecule has 76 valence electrons. The predicted octanol–water partition coefficient (Wildman–Crippen LogP) is 4.01. The molecular formula is C10H8ClF3. The van der Waals surface area contributed by atoms with Crippen molar-refractivity contribution in [1.29, 1.82) is 0 Å². The third-order valence-corrected chi connectivity index (χ3v) is 2.76. The van der Waals surface area contributed by atoms with Crippen LogP contribution >= 0.6 is 11.6 Å². The molecule has 0 unspecified atom stereocenters. The molecule has 0 amide bonds. The topological polar surface area (TPSA) is 0 Å². The van der Waals surface area contributed by atoms with Crippen molar-refractivity contribution >= 4 is 11.6 Å². The number of hydrogen-bond acceptors (Lipinski definition) is 0. The summed E-state index contributed by atoms with van der Waals surface area (Å²) >= 11 is 5.64. The van der Waals surface area contributed by atoms with E-state index in [2.05, 4.69) is 0 Å². The Balaban J connectivity index is 2.10. The molecule has 2 atom stereocenters. The Morgan fingerprint density at radius 2 is 1.71 bits per heavy atom. The third-order valence-electron chi connectivity index (χ3n) is 2.51. The highest BCUT2D eigenvalue weighted by Crippen LogP contribution is 2.56. The van der Waals surface area contributed by atoms with Crippen LogP contribution in [-0.2, 0) is 0 Å². The number of benzene rings is 1. The molecule has 0 spiro atoms. The second kappa shape index (κ2) is 3.16. The zero-order valence-electron chi connectivity index (χ0n) is 7.18. The largest absolute Gasteiger partial charge is 0.392 e. The maximum absolute atomic E-state index is 12.2. The van der Waals surface area contributed by atoms with Gasteiger partial charge in [0.25, 0.3) is 0 Å². The Bertz CT molecular complexity index is 328. The van der Waals surface area contributed by atoms with Crippen molar-refractivity contribution in [2.24, 2.45) is 5.92 Å². The fourth-order valence-corrected chi connectivity index (χ4v) is 1.76. The van der Waals surface area contributed by atoms with Crippen molar-refractivity contribution in [3.63, 3.8) is 0 Å². The Hall–Kier alpha value is -0.700. The minimum absolute atomic E-state index is 0.213. The van der Waals surface area contributed by atoms with Gasteiger partial charge in [-0.25, -0.2) is 0 Å². The molecule has 1 aromatic rings. The van der Waals surface area contributed by atoms with E-state index in [4.69, 9.17) is 11.6 Å². The van der Waals surface area contributed by atoms with Crippen LogP contribution in [-0.4, -0.2) is 6.18 Å². The Labute approximate surface area is 84.7 Å². The molecule has 1 aliphatic carbocycles. The van der Waals surface area contributed by atoms with Gasteiger partial charge < -0.3 is 0 Å². The average Bonchev–Trinajstić information content (AvgIpc) is 2.83. The van der Waals surface area contributed by atoms with Gasteiger partial charge in [0, 0.05) is 5.02 Å². The van der Waals surface area contributed by atoms with E-state index >= 15 is 0 Å². The van der Waals surface area contributed by atoms with Crippen molar-refractivity contribution in [1.82, 2.24) is 0 Å². The number of halogens is 4. The molecule has 14 heavy (non-hydrogen) atoms. The zero-order chi connectivity index (χ0) is 10.3. The normalized spacial score (nSPS) is 26.3. The van der Waals surface area contributed by atoms with Crippen LogP contribution in [0.4, 0.5) is 13.2 Å². The van der Waals surface area contributed by atoms with Crippen molar-refractivity contribution in [3.8, 4) is 0 Å². The zero-order valence-corrected chi connectivity index (χ0v) is 7.94. The van der Waals surface area contributed by atoms with Gasteiger partial charge in [-0.3, -0.25) is 0 Å². The van der Waals surface area contributed by atoms with Gasteiger partial charge in [0.15, 0.2) is 0 Å². The van der Waals surface area contributed by atoms with Crippen molar-refractivity contribution < 1.29 is 13.2 Å². The van der Waals surface area contributed by atoms with Crippen LogP contribution in [0.25, 0.3) is 0 Å². The first-order valence-corrected chi connectivity index (χ1v) is 4.68. The summed E-state index contributed by atoms with van der Waals surface area (Å²) in [7, 11) is 0. The maximum atomic E-state index is 12.2. The van der Waals surface area contributed by atoms with Gasteiger partial charge in [-0.2, -0.15) is 13.2 Å². The minimum Gasteiger partial charge on any atom is -0.171 e.